The molecule has 2 saturated heterocycles. The van der Waals surface area contributed by atoms with Gasteiger partial charge in [0, 0.05) is 43.5 Å². The fraction of sp³-hybridized carbons (Fsp3) is 0.438. The molecule has 1 aliphatic carbocycles. The van der Waals surface area contributed by atoms with Crippen molar-refractivity contribution in [1.29, 1.82) is 0 Å². The van der Waals surface area contributed by atoms with Crippen molar-refractivity contribution in [3.05, 3.63) is 63.4 Å². The van der Waals surface area contributed by atoms with E-state index in [2.05, 4.69) is 10.1 Å². The molecule has 1 aromatic heterocycles. The standard InChI is InChI=1S/C32H33F2N5O6/c1-3-45-35-26-20-11-18(33)6-9-24(20)39(31(26)41)16-36-10-4-5-17-13-37(15-25(17)36)28-23(34)12-21-27(30(28)44-2)38(19-7-8-19)14-22(29(21)40)32(42)43/h6,9,11-12,14,17,19,25H,3-5,7-8,10,13,15-16H2,1-2H3,(H,42,43)/b35-26-/t17-,25+/m0/s1. The number of carboxylic acid groups (broad SMARTS) is 1. The maximum Gasteiger partial charge on any atom is 0.341 e. The lowest BCUT2D eigenvalue weighted by Gasteiger charge is -2.38. The molecule has 3 aromatic rings. The van der Waals surface area contributed by atoms with Crippen LogP contribution < -0.4 is 20.0 Å². The Labute approximate surface area is 257 Å². The molecule has 0 bridgehead atoms. The minimum atomic E-state index is -1.36. The van der Waals surface area contributed by atoms with E-state index in [1.54, 1.807) is 22.5 Å². The van der Waals surface area contributed by atoms with Crippen LogP contribution in [0.5, 0.6) is 5.75 Å². The molecule has 4 aliphatic rings. The maximum atomic E-state index is 16.0. The monoisotopic (exact) mass is 621 g/mol. The fourth-order valence-corrected chi connectivity index (χ4v) is 7.18. The van der Waals surface area contributed by atoms with Crippen molar-refractivity contribution in [2.75, 3.05) is 49.8 Å². The van der Waals surface area contributed by atoms with E-state index in [1.165, 1.54) is 25.4 Å². The highest BCUT2D eigenvalue weighted by atomic mass is 19.1. The Kier molecular flexibility index (Phi) is 7.22. The Bertz CT molecular complexity index is 1820. The second-order valence-electron chi connectivity index (χ2n) is 12.0. The number of halogens is 2. The number of pyridine rings is 1. The number of fused-ring (bicyclic) bond motifs is 3. The van der Waals surface area contributed by atoms with Crippen LogP contribution in [0.25, 0.3) is 10.9 Å². The number of anilines is 2. The molecule has 1 N–H and O–H groups in total. The summed E-state index contributed by atoms with van der Waals surface area (Å²) in [5.74, 6) is -2.49. The van der Waals surface area contributed by atoms with E-state index < -0.39 is 28.6 Å². The van der Waals surface area contributed by atoms with Crippen LogP contribution in [-0.2, 0) is 9.63 Å². The number of oxime groups is 1. The lowest BCUT2D eigenvalue weighted by atomic mass is 9.92. The van der Waals surface area contributed by atoms with Crippen LogP contribution in [-0.4, -0.2) is 78.2 Å². The third-order valence-electron chi connectivity index (χ3n) is 9.35. The molecule has 1 saturated carbocycles. The van der Waals surface area contributed by atoms with Crippen LogP contribution in [0.3, 0.4) is 0 Å². The number of carboxylic acids is 1. The normalized spacial score (nSPS) is 22.3. The summed E-state index contributed by atoms with van der Waals surface area (Å²) in [6.07, 6.45) is 4.77. The number of likely N-dealkylation sites (tertiary alicyclic amines) is 1. The topological polar surface area (TPSA) is 117 Å². The van der Waals surface area contributed by atoms with Crippen molar-refractivity contribution < 1.29 is 33.1 Å². The summed E-state index contributed by atoms with van der Waals surface area (Å²) in [7, 11) is 1.43. The summed E-state index contributed by atoms with van der Waals surface area (Å²) < 4.78 is 37.8. The summed E-state index contributed by atoms with van der Waals surface area (Å²) in [5, 5.41) is 13.6. The third-order valence-corrected chi connectivity index (χ3v) is 9.35. The fourth-order valence-electron chi connectivity index (χ4n) is 7.18. The minimum Gasteiger partial charge on any atom is -0.492 e. The highest BCUT2D eigenvalue weighted by Crippen LogP contribution is 2.46. The van der Waals surface area contributed by atoms with E-state index in [4.69, 9.17) is 9.57 Å². The van der Waals surface area contributed by atoms with E-state index in [0.717, 1.165) is 31.7 Å². The van der Waals surface area contributed by atoms with Gasteiger partial charge in [-0.2, -0.15) is 0 Å². The molecule has 236 valence electrons. The number of rotatable bonds is 8. The summed E-state index contributed by atoms with van der Waals surface area (Å²) in [5.41, 5.74) is 0.474. The van der Waals surface area contributed by atoms with E-state index in [0.29, 0.717) is 36.4 Å². The zero-order valence-corrected chi connectivity index (χ0v) is 25.0. The molecule has 0 radical (unpaired) electrons. The minimum absolute atomic E-state index is 0.000527. The van der Waals surface area contributed by atoms with E-state index in [1.807, 2.05) is 4.90 Å². The number of ether oxygens (including phenoxy) is 1. The number of benzene rings is 2. The Morgan fingerprint density at radius 3 is 2.64 bits per heavy atom. The third kappa shape index (κ3) is 4.80. The number of hydrogen-bond donors (Lipinski definition) is 1. The molecular formula is C32H33F2N5O6. The van der Waals surface area contributed by atoms with Crippen molar-refractivity contribution in [3.63, 3.8) is 0 Å². The van der Waals surface area contributed by atoms with E-state index in [9.17, 15) is 23.9 Å². The van der Waals surface area contributed by atoms with Crippen LogP contribution in [0, 0.1) is 17.6 Å². The van der Waals surface area contributed by atoms with Crippen LogP contribution in [0.4, 0.5) is 20.2 Å². The number of carbonyl (C=O) groups is 2. The molecule has 7 rings (SSSR count). The smallest absolute Gasteiger partial charge is 0.341 e. The van der Waals surface area contributed by atoms with Gasteiger partial charge in [0.25, 0.3) is 5.91 Å². The molecule has 2 aromatic carbocycles. The van der Waals surface area contributed by atoms with Crippen molar-refractivity contribution >= 4 is 39.9 Å². The number of carbonyl (C=O) groups excluding carboxylic acids is 1. The van der Waals surface area contributed by atoms with E-state index in [-0.39, 0.29) is 59.7 Å². The molecule has 0 unspecified atom stereocenters. The molecule has 4 heterocycles. The van der Waals surface area contributed by atoms with Gasteiger partial charge in [-0.15, -0.1) is 0 Å². The molecule has 45 heavy (non-hydrogen) atoms. The second-order valence-corrected chi connectivity index (χ2v) is 12.0. The van der Waals surface area contributed by atoms with Crippen LogP contribution in [0.2, 0.25) is 0 Å². The van der Waals surface area contributed by atoms with Crippen LogP contribution in [0.1, 0.15) is 54.6 Å². The highest BCUT2D eigenvalue weighted by molar-refractivity contribution is 6.54. The first-order valence-electron chi connectivity index (χ1n) is 15.2. The SMILES string of the molecule is CCO/N=C1\C(=O)N(CN2CCC[C@H]3CN(c4c(F)cc5c(=O)c(C(=O)O)cn(C6CC6)c5c4OC)C[C@H]32)c2ccc(F)cc21. The molecule has 3 aliphatic heterocycles. The number of piperidine rings is 1. The molecule has 11 nitrogen and oxygen atoms in total. The maximum absolute atomic E-state index is 16.0. The quantitative estimate of drug-likeness (QED) is 0.376. The van der Waals surface area contributed by atoms with Gasteiger partial charge in [-0.1, -0.05) is 5.16 Å². The van der Waals surface area contributed by atoms with Gasteiger partial charge in [0.15, 0.2) is 17.3 Å². The average molecular weight is 622 g/mol. The summed E-state index contributed by atoms with van der Waals surface area (Å²) in [6, 6.07) is 5.29. The number of nitrogens with zero attached hydrogens (tertiary/aromatic N) is 5. The van der Waals surface area contributed by atoms with Gasteiger partial charge >= 0.3 is 5.97 Å². The molecule has 3 fully saturated rings. The molecule has 2 atom stereocenters. The lowest BCUT2D eigenvalue weighted by Crippen LogP contribution is -2.51. The van der Waals surface area contributed by atoms with Crippen molar-refractivity contribution in [3.8, 4) is 5.75 Å². The largest absolute Gasteiger partial charge is 0.492 e. The zero-order valence-electron chi connectivity index (χ0n) is 25.0. The van der Waals surface area contributed by atoms with Crippen LogP contribution >= 0.6 is 0 Å². The Hall–Kier alpha value is -4.52. The van der Waals surface area contributed by atoms with Gasteiger partial charge in [0.2, 0.25) is 5.43 Å². The van der Waals surface area contributed by atoms with E-state index >= 15 is 4.39 Å². The Balaban J connectivity index is 1.23. The van der Waals surface area contributed by atoms with Gasteiger partial charge in [-0.3, -0.25) is 19.4 Å². The summed E-state index contributed by atoms with van der Waals surface area (Å²) >= 11 is 0. The summed E-state index contributed by atoms with van der Waals surface area (Å²) in [6.45, 7) is 3.95. The zero-order chi connectivity index (χ0) is 31.6. The van der Waals surface area contributed by atoms with Crippen molar-refractivity contribution in [1.82, 2.24) is 9.47 Å². The second kappa shape index (κ2) is 11.1. The lowest BCUT2D eigenvalue weighted by molar-refractivity contribution is -0.113. The van der Waals surface area contributed by atoms with Gasteiger partial charge in [0.05, 0.1) is 30.4 Å². The number of amides is 1. The van der Waals surface area contributed by atoms with Gasteiger partial charge in [-0.25, -0.2) is 13.6 Å². The summed E-state index contributed by atoms with van der Waals surface area (Å²) in [4.78, 5) is 49.4. The predicted molar refractivity (Wildman–Crippen MR) is 162 cm³/mol. The highest BCUT2D eigenvalue weighted by Gasteiger charge is 2.44. The molecule has 13 heteroatoms. The number of hydrogen-bond acceptors (Lipinski definition) is 8. The van der Waals surface area contributed by atoms with Crippen molar-refractivity contribution in [2.45, 2.75) is 44.7 Å². The first-order chi connectivity index (χ1) is 21.7. The Morgan fingerprint density at radius 1 is 1.13 bits per heavy atom. The number of aromatic carboxylic acids is 1. The molecular weight excluding hydrogens is 588 g/mol. The van der Waals surface area contributed by atoms with Gasteiger partial charge in [0.1, 0.15) is 23.7 Å². The van der Waals surface area contributed by atoms with Gasteiger partial charge in [-0.05, 0) is 62.8 Å². The number of aromatic nitrogens is 1. The Morgan fingerprint density at radius 2 is 1.93 bits per heavy atom. The predicted octanol–water partition coefficient (Wildman–Crippen LogP) is 3.97. The molecule has 0 spiro atoms. The first-order valence-corrected chi connectivity index (χ1v) is 15.2. The van der Waals surface area contributed by atoms with Crippen LogP contribution in [0.15, 0.2) is 40.4 Å². The molecule has 1 amide bonds. The number of methoxy groups -OCH3 is 1. The van der Waals surface area contributed by atoms with Gasteiger partial charge < -0.3 is 24.1 Å². The first kappa shape index (κ1) is 29.2. The average Bonchev–Trinajstić information content (AvgIpc) is 3.72. The van der Waals surface area contributed by atoms with Crippen molar-refractivity contribution in [2.24, 2.45) is 11.1 Å².